The van der Waals surface area contributed by atoms with E-state index >= 15 is 0 Å². The second kappa shape index (κ2) is 8.41. The van der Waals surface area contributed by atoms with Crippen LogP contribution in [0, 0.1) is 12.7 Å². The summed E-state index contributed by atoms with van der Waals surface area (Å²) >= 11 is 1.11. The predicted molar refractivity (Wildman–Crippen MR) is 103 cm³/mol. The number of hydrogen-bond donors (Lipinski definition) is 2. The number of benzene rings is 2. The molecule has 1 amide bonds. The summed E-state index contributed by atoms with van der Waals surface area (Å²) in [7, 11) is 0. The molecule has 8 heteroatoms. The molecule has 0 aliphatic rings. The Morgan fingerprint density at radius 2 is 2.11 bits per heavy atom. The van der Waals surface area contributed by atoms with Gasteiger partial charge in [0.1, 0.15) is 23.1 Å². The van der Waals surface area contributed by atoms with E-state index < -0.39 is 0 Å². The summed E-state index contributed by atoms with van der Waals surface area (Å²) in [5.74, 6) is -0.00226. The van der Waals surface area contributed by atoms with Gasteiger partial charge in [-0.25, -0.2) is 14.8 Å². The molecule has 0 saturated heterocycles. The molecule has 0 radical (unpaired) electrons. The molecule has 0 atom stereocenters. The van der Waals surface area contributed by atoms with Crippen molar-refractivity contribution in [3.8, 4) is 5.75 Å². The highest BCUT2D eigenvalue weighted by Gasteiger charge is 2.13. The first kappa shape index (κ1) is 18.5. The van der Waals surface area contributed by atoms with Crippen molar-refractivity contribution in [2.24, 2.45) is 5.10 Å². The molecular formula is C19H17FN4O2S. The van der Waals surface area contributed by atoms with Crippen LogP contribution in [0.2, 0.25) is 0 Å². The number of aromatic nitrogens is 1. The molecule has 3 rings (SSSR count). The Kier molecular flexibility index (Phi) is 5.77. The lowest BCUT2D eigenvalue weighted by Crippen LogP contribution is -2.17. The average molecular weight is 384 g/mol. The van der Waals surface area contributed by atoms with Crippen molar-refractivity contribution in [1.29, 1.82) is 0 Å². The van der Waals surface area contributed by atoms with Gasteiger partial charge in [-0.15, -0.1) is 0 Å². The zero-order valence-corrected chi connectivity index (χ0v) is 15.3. The number of nitrogens with one attached hydrogen (secondary N) is 1. The van der Waals surface area contributed by atoms with Crippen molar-refractivity contribution in [3.63, 3.8) is 0 Å². The standard InChI is InChI=1S/C19H17FN4O2S/c1-12-17(27-19(21)23-12)18(25)24-22-10-14-3-2-4-16(9-14)26-11-13-5-7-15(20)8-6-13/h2-10H,11H2,1H3,(H2,21,23)(H,24,25). The highest BCUT2D eigenvalue weighted by Crippen LogP contribution is 2.19. The van der Waals surface area contributed by atoms with Crippen LogP contribution in [0.5, 0.6) is 5.75 Å². The minimum atomic E-state index is -0.360. The molecule has 3 aromatic rings. The first-order valence-corrected chi connectivity index (χ1v) is 8.86. The van der Waals surface area contributed by atoms with Crippen LogP contribution < -0.4 is 15.9 Å². The third kappa shape index (κ3) is 5.11. The monoisotopic (exact) mass is 384 g/mol. The molecule has 3 N–H and O–H groups in total. The number of aryl methyl sites for hydroxylation is 1. The van der Waals surface area contributed by atoms with Gasteiger partial charge in [0.15, 0.2) is 5.13 Å². The minimum Gasteiger partial charge on any atom is -0.489 e. The molecule has 0 aliphatic carbocycles. The maximum atomic E-state index is 12.9. The van der Waals surface area contributed by atoms with Crippen LogP contribution in [0.4, 0.5) is 9.52 Å². The van der Waals surface area contributed by atoms with E-state index in [0.717, 1.165) is 22.5 Å². The van der Waals surface area contributed by atoms with Gasteiger partial charge in [-0.1, -0.05) is 35.6 Å². The number of carbonyl (C=O) groups is 1. The highest BCUT2D eigenvalue weighted by molar-refractivity contribution is 7.17. The average Bonchev–Trinajstić information content (AvgIpc) is 3.00. The maximum absolute atomic E-state index is 12.9. The van der Waals surface area contributed by atoms with Crippen molar-refractivity contribution in [1.82, 2.24) is 10.4 Å². The zero-order chi connectivity index (χ0) is 19.2. The summed E-state index contributed by atoms with van der Waals surface area (Å²) < 4.78 is 18.6. The number of nitrogens with two attached hydrogens (primary N) is 1. The molecule has 27 heavy (non-hydrogen) atoms. The Labute approximate surface area is 159 Å². The van der Waals surface area contributed by atoms with Gasteiger partial charge in [0.25, 0.3) is 5.91 Å². The summed E-state index contributed by atoms with van der Waals surface area (Å²) in [4.78, 5) is 16.5. The molecule has 0 unspecified atom stereocenters. The quantitative estimate of drug-likeness (QED) is 0.503. The van der Waals surface area contributed by atoms with E-state index in [0.29, 0.717) is 28.1 Å². The summed E-state index contributed by atoms with van der Waals surface area (Å²) in [6.45, 7) is 2.04. The van der Waals surface area contributed by atoms with E-state index in [1.807, 2.05) is 18.2 Å². The number of nitrogen functional groups attached to an aromatic ring is 1. The molecule has 1 heterocycles. The van der Waals surface area contributed by atoms with E-state index in [-0.39, 0.29) is 11.7 Å². The number of anilines is 1. The number of hydrazone groups is 1. The zero-order valence-electron chi connectivity index (χ0n) is 14.5. The van der Waals surface area contributed by atoms with Gasteiger partial charge >= 0.3 is 0 Å². The van der Waals surface area contributed by atoms with Crippen molar-refractivity contribution in [3.05, 3.63) is 76.0 Å². The number of carbonyl (C=O) groups excluding carboxylic acids is 1. The van der Waals surface area contributed by atoms with E-state index in [2.05, 4.69) is 15.5 Å². The lowest BCUT2D eigenvalue weighted by Gasteiger charge is -2.07. The number of nitrogens with zero attached hydrogens (tertiary/aromatic N) is 2. The fourth-order valence-corrected chi connectivity index (χ4v) is 3.00. The van der Waals surface area contributed by atoms with Crippen LogP contribution in [-0.2, 0) is 6.61 Å². The van der Waals surface area contributed by atoms with Crippen LogP contribution in [0.25, 0.3) is 0 Å². The van der Waals surface area contributed by atoms with Crippen molar-refractivity contribution in [2.75, 3.05) is 5.73 Å². The number of halogens is 1. The number of rotatable bonds is 6. The van der Waals surface area contributed by atoms with Gasteiger partial charge in [0.2, 0.25) is 0 Å². The first-order chi connectivity index (χ1) is 13.0. The molecule has 0 bridgehead atoms. The van der Waals surface area contributed by atoms with E-state index in [4.69, 9.17) is 10.5 Å². The lowest BCUT2D eigenvalue weighted by molar-refractivity contribution is 0.0958. The molecule has 2 aromatic carbocycles. The van der Waals surface area contributed by atoms with Crippen molar-refractivity contribution < 1.29 is 13.9 Å². The minimum absolute atomic E-state index is 0.282. The van der Waals surface area contributed by atoms with Crippen LogP contribution >= 0.6 is 11.3 Å². The Hall–Kier alpha value is -3.26. The van der Waals surface area contributed by atoms with Gasteiger partial charge in [-0.05, 0) is 42.3 Å². The van der Waals surface area contributed by atoms with Crippen LogP contribution in [0.1, 0.15) is 26.5 Å². The van der Waals surface area contributed by atoms with Crippen LogP contribution in [-0.4, -0.2) is 17.1 Å². The third-order valence-corrected chi connectivity index (χ3v) is 4.56. The van der Waals surface area contributed by atoms with Gasteiger partial charge in [-0.2, -0.15) is 5.10 Å². The number of ether oxygens (including phenoxy) is 1. The summed E-state index contributed by atoms with van der Waals surface area (Å²) in [5, 5.41) is 4.29. The SMILES string of the molecule is Cc1nc(N)sc1C(=O)NN=Cc1cccc(OCc2ccc(F)cc2)c1. The summed E-state index contributed by atoms with van der Waals surface area (Å²) in [5.41, 5.74) is 10.2. The fourth-order valence-electron chi connectivity index (χ4n) is 2.28. The third-order valence-electron chi connectivity index (χ3n) is 3.58. The molecule has 0 spiro atoms. The molecule has 0 saturated carbocycles. The molecular weight excluding hydrogens is 367 g/mol. The molecule has 6 nitrogen and oxygen atoms in total. The van der Waals surface area contributed by atoms with Crippen LogP contribution in [0.15, 0.2) is 53.6 Å². The van der Waals surface area contributed by atoms with E-state index in [1.54, 1.807) is 25.1 Å². The summed E-state index contributed by atoms with van der Waals surface area (Å²) in [6, 6.07) is 13.4. The predicted octanol–water partition coefficient (Wildman–Crippen LogP) is 3.52. The fraction of sp³-hybridized carbons (Fsp3) is 0.105. The van der Waals surface area contributed by atoms with E-state index in [9.17, 15) is 9.18 Å². The van der Waals surface area contributed by atoms with Crippen LogP contribution in [0.3, 0.4) is 0 Å². The lowest BCUT2D eigenvalue weighted by atomic mass is 10.2. The Morgan fingerprint density at radius 1 is 1.33 bits per heavy atom. The smallest absolute Gasteiger partial charge is 0.283 e. The number of hydrogen-bond acceptors (Lipinski definition) is 6. The molecule has 1 aromatic heterocycles. The molecule has 0 fully saturated rings. The van der Waals surface area contributed by atoms with Crippen molar-refractivity contribution >= 4 is 28.6 Å². The van der Waals surface area contributed by atoms with Gasteiger partial charge < -0.3 is 10.5 Å². The van der Waals surface area contributed by atoms with E-state index in [1.165, 1.54) is 18.3 Å². The highest BCUT2D eigenvalue weighted by atomic mass is 32.1. The van der Waals surface area contributed by atoms with Gasteiger partial charge in [-0.3, -0.25) is 4.79 Å². The maximum Gasteiger partial charge on any atom is 0.283 e. The normalized spacial score (nSPS) is 10.9. The second-order valence-corrected chi connectivity index (χ2v) is 6.68. The molecule has 0 aliphatic heterocycles. The first-order valence-electron chi connectivity index (χ1n) is 8.05. The number of thiazole rings is 1. The summed E-state index contributed by atoms with van der Waals surface area (Å²) in [6.07, 6.45) is 1.52. The van der Waals surface area contributed by atoms with Crippen molar-refractivity contribution in [2.45, 2.75) is 13.5 Å². The Balaban J connectivity index is 1.58. The van der Waals surface area contributed by atoms with Gasteiger partial charge in [0, 0.05) is 0 Å². The Morgan fingerprint density at radius 3 is 2.81 bits per heavy atom. The van der Waals surface area contributed by atoms with Gasteiger partial charge in [0.05, 0.1) is 11.9 Å². The number of amides is 1. The Bertz CT molecular complexity index is 970. The second-order valence-electron chi connectivity index (χ2n) is 5.65. The topological polar surface area (TPSA) is 89.6 Å². The molecule has 138 valence electrons. The largest absolute Gasteiger partial charge is 0.489 e.